The molecule has 0 aromatic heterocycles. The van der Waals surface area contributed by atoms with Gasteiger partial charge in [0.25, 0.3) is 0 Å². The molecule has 0 saturated carbocycles. The predicted octanol–water partition coefficient (Wildman–Crippen LogP) is -0.875. The molecule has 1 aliphatic rings. The van der Waals surface area contributed by atoms with Gasteiger partial charge in [0.1, 0.15) is 0 Å². The van der Waals surface area contributed by atoms with Gasteiger partial charge in [-0.1, -0.05) is 32.1 Å². The molecule has 6 heteroatoms. The summed E-state index contributed by atoms with van der Waals surface area (Å²) < 4.78 is 0. The maximum atomic E-state index is 10.0. The minimum Gasteiger partial charge on any atom is -0.396 e. The molecular weight excluding hydrogens is 262 g/mol. The summed E-state index contributed by atoms with van der Waals surface area (Å²) in [5, 5.41) is 50.1. The van der Waals surface area contributed by atoms with Crippen LogP contribution in [0.3, 0.4) is 0 Å². The van der Waals surface area contributed by atoms with E-state index in [0.717, 1.165) is 38.5 Å². The fraction of sp³-hybridized carbons (Fsp3) is 1.00. The highest BCUT2D eigenvalue weighted by Crippen LogP contribution is 2.20. The Hall–Kier alpha value is -0.240. The molecular formula is C14H29NO5. The molecule has 5 atom stereocenters. The minimum atomic E-state index is -1.04. The second kappa shape index (κ2) is 9.65. The molecule has 1 aliphatic heterocycles. The first kappa shape index (κ1) is 17.8. The highest BCUT2D eigenvalue weighted by atomic mass is 16.3. The normalized spacial score (nSPS) is 31.6. The van der Waals surface area contributed by atoms with E-state index in [-0.39, 0.29) is 13.2 Å². The third kappa shape index (κ3) is 5.27. The van der Waals surface area contributed by atoms with Crippen molar-refractivity contribution in [1.29, 1.82) is 0 Å². The van der Waals surface area contributed by atoms with Crippen LogP contribution in [0.5, 0.6) is 0 Å². The van der Waals surface area contributed by atoms with E-state index in [9.17, 15) is 15.3 Å². The Bertz CT molecular complexity index is 254. The molecule has 1 rings (SSSR count). The number of hydrogen-bond acceptors (Lipinski definition) is 6. The van der Waals surface area contributed by atoms with Gasteiger partial charge in [-0.15, -0.1) is 0 Å². The first-order valence-electron chi connectivity index (χ1n) is 7.63. The second-order valence-electron chi connectivity index (χ2n) is 5.66. The zero-order valence-corrected chi connectivity index (χ0v) is 12.0. The van der Waals surface area contributed by atoms with Gasteiger partial charge in [-0.3, -0.25) is 0 Å². The van der Waals surface area contributed by atoms with E-state index in [1.807, 2.05) is 0 Å². The smallest absolute Gasteiger partial charge is 0.0993 e. The Kier molecular flexibility index (Phi) is 8.60. The summed E-state index contributed by atoms with van der Waals surface area (Å²) in [6, 6.07) is -1.14. The van der Waals surface area contributed by atoms with Crippen LogP contribution in [0.15, 0.2) is 0 Å². The molecule has 0 amide bonds. The zero-order chi connectivity index (χ0) is 15.0. The van der Waals surface area contributed by atoms with Crippen LogP contribution < -0.4 is 5.32 Å². The topological polar surface area (TPSA) is 113 Å². The summed E-state index contributed by atoms with van der Waals surface area (Å²) in [5.41, 5.74) is 0. The van der Waals surface area contributed by atoms with Gasteiger partial charge in [-0.25, -0.2) is 0 Å². The van der Waals surface area contributed by atoms with Crippen LogP contribution in [0.4, 0.5) is 0 Å². The lowest BCUT2D eigenvalue weighted by atomic mass is 9.99. The molecule has 0 bridgehead atoms. The third-order valence-electron chi connectivity index (χ3n) is 4.06. The Labute approximate surface area is 120 Å². The van der Waals surface area contributed by atoms with E-state index in [1.54, 1.807) is 0 Å². The van der Waals surface area contributed by atoms with Crippen molar-refractivity contribution < 1.29 is 25.5 Å². The van der Waals surface area contributed by atoms with Crippen molar-refractivity contribution in [3.8, 4) is 0 Å². The summed E-state index contributed by atoms with van der Waals surface area (Å²) in [6.45, 7) is -0.00932. The Balaban J connectivity index is 2.15. The molecule has 0 radical (unpaired) electrons. The SMILES string of the molecule is OCCCCCCCC[C@@H](O)[C@H]1N[C@H](CO)[C@@H](O)[C@@H]1O. The van der Waals surface area contributed by atoms with Crippen LogP contribution in [0.1, 0.15) is 44.9 Å². The summed E-state index contributed by atoms with van der Waals surface area (Å²) in [5.74, 6) is 0. The number of hydrogen-bond donors (Lipinski definition) is 6. The molecule has 1 fully saturated rings. The maximum absolute atomic E-state index is 10.0. The standard InChI is InChI=1S/C14H29NO5/c16-8-6-4-2-1-3-5-7-11(18)12-14(20)13(19)10(9-17)15-12/h10-20H,1-9H2/t10-,11-,12-,13-,14-/m1/s1. The fourth-order valence-corrected chi connectivity index (χ4v) is 2.75. The summed E-state index contributed by atoms with van der Waals surface area (Å²) >= 11 is 0. The number of aliphatic hydroxyl groups is 5. The van der Waals surface area contributed by atoms with Gasteiger partial charge < -0.3 is 30.8 Å². The molecule has 1 saturated heterocycles. The van der Waals surface area contributed by atoms with Crippen molar-refractivity contribution in [2.45, 2.75) is 75.3 Å². The first-order valence-corrected chi connectivity index (χ1v) is 7.63. The van der Waals surface area contributed by atoms with Crippen LogP contribution in [-0.4, -0.2) is 69.1 Å². The number of rotatable bonds is 10. The average molecular weight is 291 g/mol. The molecule has 0 spiro atoms. The van der Waals surface area contributed by atoms with Crippen molar-refractivity contribution in [1.82, 2.24) is 5.32 Å². The predicted molar refractivity (Wildman–Crippen MR) is 75.2 cm³/mol. The molecule has 1 heterocycles. The molecule has 0 unspecified atom stereocenters. The van der Waals surface area contributed by atoms with Crippen LogP contribution in [0.25, 0.3) is 0 Å². The van der Waals surface area contributed by atoms with Crippen molar-refractivity contribution in [3.63, 3.8) is 0 Å². The van der Waals surface area contributed by atoms with Crippen LogP contribution >= 0.6 is 0 Å². The van der Waals surface area contributed by atoms with Gasteiger partial charge in [0.2, 0.25) is 0 Å². The lowest BCUT2D eigenvalue weighted by Gasteiger charge is -2.22. The third-order valence-corrected chi connectivity index (χ3v) is 4.06. The molecule has 6 nitrogen and oxygen atoms in total. The highest BCUT2D eigenvalue weighted by molar-refractivity contribution is 5.00. The first-order chi connectivity index (χ1) is 9.61. The highest BCUT2D eigenvalue weighted by Gasteiger charge is 2.43. The molecule has 6 N–H and O–H groups in total. The van der Waals surface area contributed by atoms with Crippen LogP contribution in [0.2, 0.25) is 0 Å². The number of aliphatic hydroxyl groups excluding tert-OH is 5. The van der Waals surface area contributed by atoms with E-state index in [2.05, 4.69) is 5.32 Å². The Morgan fingerprint density at radius 1 is 0.850 bits per heavy atom. The monoisotopic (exact) mass is 291 g/mol. The lowest BCUT2D eigenvalue weighted by Crippen LogP contribution is -2.44. The zero-order valence-electron chi connectivity index (χ0n) is 12.0. The second-order valence-corrected chi connectivity index (χ2v) is 5.66. The van der Waals surface area contributed by atoms with Crippen molar-refractivity contribution in [2.24, 2.45) is 0 Å². The van der Waals surface area contributed by atoms with E-state index >= 15 is 0 Å². The maximum Gasteiger partial charge on any atom is 0.0993 e. The van der Waals surface area contributed by atoms with Gasteiger partial charge in [0.15, 0.2) is 0 Å². The Morgan fingerprint density at radius 2 is 1.45 bits per heavy atom. The van der Waals surface area contributed by atoms with E-state index in [0.29, 0.717) is 6.42 Å². The van der Waals surface area contributed by atoms with Crippen LogP contribution in [-0.2, 0) is 0 Å². The van der Waals surface area contributed by atoms with E-state index < -0.39 is 30.4 Å². The van der Waals surface area contributed by atoms with Crippen LogP contribution in [0, 0.1) is 0 Å². The van der Waals surface area contributed by atoms with Gasteiger partial charge in [0.05, 0.1) is 37.0 Å². The fourth-order valence-electron chi connectivity index (χ4n) is 2.75. The quantitative estimate of drug-likeness (QED) is 0.292. The molecule has 0 aromatic carbocycles. The number of unbranched alkanes of at least 4 members (excludes halogenated alkanes) is 5. The van der Waals surface area contributed by atoms with Gasteiger partial charge in [-0.2, -0.15) is 0 Å². The summed E-state index contributed by atoms with van der Waals surface area (Å²) in [6.07, 6.45) is 3.72. The van der Waals surface area contributed by atoms with Gasteiger partial charge >= 0.3 is 0 Å². The number of nitrogens with one attached hydrogen (secondary N) is 1. The lowest BCUT2D eigenvalue weighted by molar-refractivity contribution is -0.00443. The van der Waals surface area contributed by atoms with E-state index in [1.165, 1.54) is 0 Å². The van der Waals surface area contributed by atoms with Gasteiger partial charge in [-0.05, 0) is 12.8 Å². The van der Waals surface area contributed by atoms with Crippen molar-refractivity contribution >= 4 is 0 Å². The van der Waals surface area contributed by atoms with Crippen molar-refractivity contribution in [2.75, 3.05) is 13.2 Å². The van der Waals surface area contributed by atoms with E-state index in [4.69, 9.17) is 10.2 Å². The molecule has 20 heavy (non-hydrogen) atoms. The van der Waals surface area contributed by atoms with Gasteiger partial charge in [0, 0.05) is 6.61 Å². The molecule has 0 aliphatic carbocycles. The largest absolute Gasteiger partial charge is 0.396 e. The summed E-state index contributed by atoms with van der Waals surface area (Å²) in [4.78, 5) is 0. The molecule has 120 valence electrons. The minimum absolute atomic E-state index is 0.248. The Morgan fingerprint density at radius 3 is 2.00 bits per heavy atom. The summed E-state index contributed by atoms with van der Waals surface area (Å²) in [7, 11) is 0. The average Bonchev–Trinajstić information content (AvgIpc) is 2.74. The molecule has 0 aromatic rings. The van der Waals surface area contributed by atoms with Crippen molar-refractivity contribution in [3.05, 3.63) is 0 Å².